The molecule has 0 saturated heterocycles. The molecule has 60 heavy (non-hydrogen) atoms. The smallest absolute Gasteiger partial charge is 0.305 e. The lowest BCUT2D eigenvalue weighted by Gasteiger charge is -2.22. The van der Waals surface area contributed by atoms with E-state index in [1.807, 2.05) is 0 Å². The summed E-state index contributed by atoms with van der Waals surface area (Å²) in [6, 6.07) is -0.557. The normalized spacial score (nSPS) is 12.8. The van der Waals surface area contributed by atoms with Crippen molar-refractivity contribution in [2.45, 2.75) is 296 Å². The first-order valence-corrected chi connectivity index (χ1v) is 26.6. The van der Waals surface area contributed by atoms with Gasteiger partial charge in [0.25, 0.3) is 0 Å². The molecule has 0 radical (unpaired) electrons. The van der Waals surface area contributed by atoms with Crippen molar-refractivity contribution >= 4 is 11.9 Å². The van der Waals surface area contributed by atoms with Crippen molar-refractivity contribution in [1.82, 2.24) is 5.32 Å². The Balaban J connectivity index is 3.53. The van der Waals surface area contributed by atoms with E-state index in [1.54, 1.807) is 0 Å². The first-order valence-electron chi connectivity index (χ1n) is 26.6. The molecule has 0 heterocycles. The molecule has 0 spiro atoms. The number of carbonyl (C=O) groups excluding carboxylic acids is 2. The Morgan fingerprint density at radius 2 is 0.817 bits per heavy atom. The summed E-state index contributed by atoms with van der Waals surface area (Å²) >= 11 is 0. The molecule has 2 unspecified atom stereocenters. The number of aliphatic hydroxyl groups excluding tert-OH is 2. The number of nitrogens with one attached hydrogen (secondary N) is 1. The van der Waals surface area contributed by atoms with E-state index in [9.17, 15) is 19.8 Å². The summed E-state index contributed by atoms with van der Waals surface area (Å²) in [6.07, 6.45) is 58.7. The third kappa shape index (κ3) is 45.9. The van der Waals surface area contributed by atoms with Crippen molar-refractivity contribution in [2.24, 2.45) is 0 Å². The number of carbonyl (C=O) groups is 2. The van der Waals surface area contributed by atoms with E-state index in [0.717, 1.165) is 77.0 Å². The monoisotopic (exact) mass is 846 g/mol. The van der Waals surface area contributed by atoms with Crippen molar-refractivity contribution in [2.75, 3.05) is 13.2 Å². The molecule has 0 aromatic carbocycles. The second-order valence-electron chi connectivity index (χ2n) is 18.2. The minimum absolute atomic E-state index is 0.0219. The molecule has 0 bridgehead atoms. The molecule has 1 amide bonds. The van der Waals surface area contributed by atoms with Gasteiger partial charge in [0.2, 0.25) is 5.91 Å². The maximum Gasteiger partial charge on any atom is 0.305 e. The van der Waals surface area contributed by atoms with Crippen LogP contribution in [-0.2, 0) is 14.3 Å². The van der Waals surface area contributed by atoms with Gasteiger partial charge in [0.1, 0.15) is 0 Å². The van der Waals surface area contributed by atoms with Gasteiger partial charge in [-0.1, -0.05) is 237 Å². The standard InChI is InChI=1S/C54H103NO5/c1-3-5-7-9-11-13-15-16-17-18-20-23-27-30-34-38-42-46-52(57)51(50-56)55-53(58)47-43-39-35-31-28-24-21-19-22-25-29-33-37-41-45-49-60-54(59)48-44-40-36-32-26-14-12-10-8-6-4-2/h19,22,25,29,51-52,56-57H,3-18,20-21,23-24,26-28,30-50H2,1-2H3,(H,55,58)/b22-19-,29-25-. The van der Waals surface area contributed by atoms with Crippen LogP contribution >= 0.6 is 0 Å². The molecule has 0 aromatic heterocycles. The maximum absolute atomic E-state index is 12.5. The van der Waals surface area contributed by atoms with Gasteiger partial charge in [0.15, 0.2) is 0 Å². The summed E-state index contributed by atoms with van der Waals surface area (Å²) in [5, 5.41) is 23.2. The van der Waals surface area contributed by atoms with Crippen molar-refractivity contribution in [1.29, 1.82) is 0 Å². The van der Waals surface area contributed by atoms with Crippen LogP contribution in [0, 0.1) is 0 Å². The lowest BCUT2D eigenvalue weighted by Crippen LogP contribution is -2.45. The third-order valence-electron chi connectivity index (χ3n) is 12.3. The van der Waals surface area contributed by atoms with Crippen molar-refractivity contribution < 1.29 is 24.5 Å². The number of ether oxygens (including phenoxy) is 1. The SMILES string of the molecule is CCCCCCCCCCCCCCCCCCCC(O)C(CO)NC(=O)CCCCCCCC/C=C\C=C/CCCCCOC(=O)CCCCCCCCCCCCC. The van der Waals surface area contributed by atoms with Gasteiger partial charge in [0.05, 0.1) is 25.4 Å². The first-order chi connectivity index (χ1) is 29.5. The number of aliphatic hydroxyl groups is 2. The van der Waals surface area contributed by atoms with E-state index in [4.69, 9.17) is 4.74 Å². The molecule has 0 fully saturated rings. The Bertz CT molecular complexity index is 935. The molecule has 0 aliphatic heterocycles. The van der Waals surface area contributed by atoms with Crippen LogP contribution in [0.2, 0.25) is 0 Å². The highest BCUT2D eigenvalue weighted by Crippen LogP contribution is 2.16. The van der Waals surface area contributed by atoms with Gasteiger partial charge in [0, 0.05) is 12.8 Å². The molecule has 0 saturated carbocycles. The van der Waals surface area contributed by atoms with Gasteiger partial charge in [-0.05, 0) is 57.8 Å². The van der Waals surface area contributed by atoms with Crippen LogP contribution in [0.4, 0.5) is 0 Å². The number of unbranched alkanes of at least 4 members (excludes halogenated alkanes) is 35. The molecule has 3 N–H and O–H groups in total. The largest absolute Gasteiger partial charge is 0.466 e. The molecule has 0 rings (SSSR count). The predicted molar refractivity (Wildman–Crippen MR) is 260 cm³/mol. The van der Waals surface area contributed by atoms with Crippen LogP contribution in [-0.4, -0.2) is 47.4 Å². The highest BCUT2D eigenvalue weighted by atomic mass is 16.5. The Kier molecular flexibility index (Phi) is 48.6. The van der Waals surface area contributed by atoms with Gasteiger partial charge < -0.3 is 20.3 Å². The van der Waals surface area contributed by atoms with E-state index >= 15 is 0 Å². The van der Waals surface area contributed by atoms with Crippen LogP contribution in [0.5, 0.6) is 0 Å². The average molecular weight is 846 g/mol. The summed E-state index contributed by atoms with van der Waals surface area (Å²) in [6.45, 7) is 4.90. The number of rotatable bonds is 49. The molecule has 6 nitrogen and oxygen atoms in total. The summed E-state index contributed by atoms with van der Waals surface area (Å²) < 4.78 is 5.42. The molecule has 2 atom stereocenters. The lowest BCUT2D eigenvalue weighted by molar-refractivity contribution is -0.143. The van der Waals surface area contributed by atoms with Crippen LogP contribution < -0.4 is 5.32 Å². The number of amides is 1. The molecule has 0 aliphatic carbocycles. The Labute approximate surface area is 373 Å². The van der Waals surface area contributed by atoms with Crippen molar-refractivity contribution in [3.05, 3.63) is 24.3 Å². The topological polar surface area (TPSA) is 95.9 Å². The molecule has 0 aromatic rings. The molecular formula is C54H103NO5. The first kappa shape index (κ1) is 58.3. The Hall–Kier alpha value is -1.66. The average Bonchev–Trinajstić information content (AvgIpc) is 3.25. The summed E-state index contributed by atoms with van der Waals surface area (Å²) in [5.74, 6) is -0.0780. The second-order valence-corrected chi connectivity index (χ2v) is 18.2. The summed E-state index contributed by atoms with van der Waals surface area (Å²) in [7, 11) is 0. The second kappa shape index (κ2) is 50.0. The molecule has 6 heteroatoms. The van der Waals surface area contributed by atoms with Crippen LogP contribution in [0.15, 0.2) is 24.3 Å². The summed E-state index contributed by atoms with van der Waals surface area (Å²) in [4.78, 5) is 24.4. The molecule has 0 aliphatic rings. The van der Waals surface area contributed by atoms with Gasteiger partial charge >= 0.3 is 5.97 Å². The van der Waals surface area contributed by atoms with E-state index in [1.165, 1.54) is 173 Å². The summed E-state index contributed by atoms with van der Waals surface area (Å²) in [5.41, 5.74) is 0. The minimum Gasteiger partial charge on any atom is -0.466 e. The van der Waals surface area contributed by atoms with Crippen LogP contribution in [0.25, 0.3) is 0 Å². The number of hydrogen-bond donors (Lipinski definition) is 3. The van der Waals surface area contributed by atoms with Crippen molar-refractivity contribution in [3.8, 4) is 0 Å². The number of allylic oxidation sites excluding steroid dienone is 4. The number of hydrogen-bond acceptors (Lipinski definition) is 5. The van der Waals surface area contributed by atoms with E-state index in [-0.39, 0.29) is 18.5 Å². The fourth-order valence-electron chi connectivity index (χ4n) is 8.16. The Morgan fingerprint density at radius 3 is 1.23 bits per heavy atom. The molecular weight excluding hydrogens is 743 g/mol. The van der Waals surface area contributed by atoms with Crippen LogP contribution in [0.3, 0.4) is 0 Å². The lowest BCUT2D eigenvalue weighted by atomic mass is 10.0. The van der Waals surface area contributed by atoms with Crippen LogP contribution in [0.1, 0.15) is 284 Å². The maximum atomic E-state index is 12.5. The highest BCUT2D eigenvalue weighted by Gasteiger charge is 2.20. The van der Waals surface area contributed by atoms with Crippen molar-refractivity contribution in [3.63, 3.8) is 0 Å². The fourth-order valence-corrected chi connectivity index (χ4v) is 8.16. The number of esters is 1. The fraction of sp³-hybridized carbons (Fsp3) is 0.889. The van der Waals surface area contributed by atoms with E-state index in [2.05, 4.69) is 43.5 Å². The van der Waals surface area contributed by atoms with Gasteiger partial charge in [-0.2, -0.15) is 0 Å². The zero-order valence-corrected chi connectivity index (χ0v) is 40.2. The minimum atomic E-state index is -0.678. The van der Waals surface area contributed by atoms with Gasteiger partial charge in [-0.25, -0.2) is 0 Å². The third-order valence-corrected chi connectivity index (χ3v) is 12.3. The predicted octanol–water partition coefficient (Wildman–Crippen LogP) is 15.9. The van der Waals surface area contributed by atoms with Gasteiger partial charge in [-0.15, -0.1) is 0 Å². The van der Waals surface area contributed by atoms with Gasteiger partial charge in [-0.3, -0.25) is 9.59 Å². The van der Waals surface area contributed by atoms with E-state index in [0.29, 0.717) is 25.9 Å². The quantitative estimate of drug-likeness (QED) is 0.0322. The highest BCUT2D eigenvalue weighted by molar-refractivity contribution is 5.76. The zero-order valence-electron chi connectivity index (χ0n) is 40.2. The Morgan fingerprint density at radius 1 is 0.467 bits per heavy atom. The molecule has 354 valence electrons. The zero-order chi connectivity index (χ0) is 43.7. The van der Waals surface area contributed by atoms with E-state index < -0.39 is 12.1 Å².